The molecule has 12 nitrogen and oxygen atoms in total. The lowest BCUT2D eigenvalue weighted by Gasteiger charge is -2.11. The Morgan fingerprint density at radius 3 is 2.70 bits per heavy atom. The number of nitro benzene ring substituents is 1. The molecule has 0 aliphatic carbocycles. The van der Waals surface area contributed by atoms with Crippen molar-refractivity contribution in [3.05, 3.63) is 69.8 Å². The molecule has 172 valence electrons. The zero-order chi connectivity index (χ0) is 24.1. The molecule has 0 bridgehead atoms. The Hall–Kier alpha value is -4.61. The van der Waals surface area contributed by atoms with E-state index in [0.717, 1.165) is 4.90 Å². The van der Waals surface area contributed by atoms with Gasteiger partial charge >= 0.3 is 17.7 Å². The lowest BCUT2D eigenvalue weighted by Crippen LogP contribution is -2.30. The number of carbonyl (C=O) groups is 3. The van der Waals surface area contributed by atoms with E-state index in [1.165, 1.54) is 50.6 Å². The molecule has 12 heteroatoms. The molecule has 1 saturated heterocycles. The molecule has 3 rings (SSSR count). The summed E-state index contributed by atoms with van der Waals surface area (Å²) in [4.78, 5) is 48.3. The predicted molar refractivity (Wildman–Crippen MR) is 112 cm³/mol. The van der Waals surface area contributed by atoms with Gasteiger partial charge in [-0.1, -0.05) is 12.7 Å². The molecular weight excluding hydrogens is 438 g/mol. The van der Waals surface area contributed by atoms with Gasteiger partial charge in [0.25, 0.3) is 5.91 Å². The summed E-state index contributed by atoms with van der Waals surface area (Å²) >= 11 is 0. The molecule has 1 aromatic heterocycles. The molecular formula is C21H19N3O9. The van der Waals surface area contributed by atoms with E-state index in [-0.39, 0.29) is 53.1 Å². The number of amides is 3. The number of furan rings is 1. The number of urea groups is 1. The summed E-state index contributed by atoms with van der Waals surface area (Å²) in [5, 5.41) is 13.9. The molecule has 33 heavy (non-hydrogen) atoms. The van der Waals surface area contributed by atoms with Crippen molar-refractivity contribution in [3.63, 3.8) is 0 Å². The van der Waals surface area contributed by atoms with Crippen LogP contribution in [-0.2, 0) is 16.1 Å². The highest BCUT2D eigenvalue weighted by atomic mass is 16.6. The van der Waals surface area contributed by atoms with E-state index in [1.807, 2.05) is 0 Å². The normalized spacial score (nSPS) is 14.2. The molecule has 2 heterocycles. The van der Waals surface area contributed by atoms with Crippen molar-refractivity contribution in [2.24, 2.45) is 0 Å². The summed E-state index contributed by atoms with van der Waals surface area (Å²) in [6.07, 6.45) is 2.70. The third-order valence-corrected chi connectivity index (χ3v) is 4.46. The quantitative estimate of drug-likeness (QED) is 0.150. The third kappa shape index (κ3) is 4.84. The van der Waals surface area contributed by atoms with Crippen LogP contribution in [0.4, 0.5) is 10.5 Å². The van der Waals surface area contributed by atoms with Crippen molar-refractivity contribution in [1.82, 2.24) is 10.2 Å². The Balaban J connectivity index is 1.88. The van der Waals surface area contributed by atoms with E-state index in [4.69, 9.17) is 13.9 Å². The minimum atomic E-state index is -0.727. The van der Waals surface area contributed by atoms with Gasteiger partial charge in [0.1, 0.15) is 18.1 Å². The van der Waals surface area contributed by atoms with E-state index in [9.17, 15) is 24.5 Å². The van der Waals surface area contributed by atoms with Crippen molar-refractivity contribution in [2.45, 2.75) is 6.54 Å². The maximum atomic E-state index is 12.7. The van der Waals surface area contributed by atoms with Gasteiger partial charge in [-0.05, 0) is 29.8 Å². The van der Waals surface area contributed by atoms with Gasteiger partial charge in [-0.25, -0.2) is 9.59 Å². The molecule has 1 aliphatic rings. The van der Waals surface area contributed by atoms with E-state index < -0.39 is 22.8 Å². The van der Waals surface area contributed by atoms with E-state index in [1.54, 1.807) is 0 Å². The number of nitrogens with zero attached hydrogens (tertiary/aromatic N) is 2. The number of carbonyl (C=O) groups excluding carboxylic acids is 3. The van der Waals surface area contributed by atoms with Gasteiger partial charge < -0.3 is 23.9 Å². The molecule has 0 saturated carbocycles. The van der Waals surface area contributed by atoms with Crippen molar-refractivity contribution >= 4 is 29.7 Å². The minimum Gasteiger partial charge on any atom is -0.493 e. The summed E-state index contributed by atoms with van der Waals surface area (Å²) < 4.78 is 20.4. The van der Waals surface area contributed by atoms with Crippen LogP contribution in [0, 0.1) is 10.1 Å². The lowest BCUT2D eigenvalue weighted by molar-refractivity contribution is -0.385. The van der Waals surface area contributed by atoms with E-state index >= 15 is 0 Å². The molecule has 0 unspecified atom stereocenters. The summed E-state index contributed by atoms with van der Waals surface area (Å²) in [6.45, 7) is 3.28. The number of esters is 1. The van der Waals surface area contributed by atoms with Crippen LogP contribution < -0.4 is 14.8 Å². The van der Waals surface area contributed by atoms with E-state index in [0.29, 0.717) is 0 Å². The predicted octanol–water partition coefficient (Wildman–Crippen LogP) is 2.64. The fourth-order valence-corrected chi connectivity index (χ4v) is 2.98. The Morgan fingerprint density at radius 1 is 1.30 bits per heavy atom. The zero-order valence-electron chi connectivity index (χ0n) is 17.7. The Kier molecular flexibility index (Phi) is 6.77. The highest BCUT2D eigenvalue weighted by Crippen LogP contribution is 2.39. The summed E-state index contributed by atoms with van der Waals surface area (Å²) in [5.41, 5.74) is -0.278. The smallest absolute Gasteiger partial charge is 0.373 e. The second kappa shape index (κ2) is 9.68. The highest BCUT2D eigenvalue weighted by molar-refractivity contribution is 6.13. The average molecular weight is 457 g/mol. The molecule has 1 fully saturated rings. The number of benzene rings is 1. The second-order valence-electron chi connectivity index (χ2n) is 6.57. The number of nitro groups is 1. The lowest BCUT2D eigenvalue weighted by atomic mass is 10.1. The monoisotopic (exact) mass is 457 g/mol. The van der Waals surface area contributed by atoms with Crippen LogP contribution in [0.3, 0.4) is 0 Å². The fourth-order valence-electron chi connectivity index (χ4n) is 2.98. The van der Waals surface area contributed by atoms with Gasteiger partial charge in [0.2, 0.25) is 11.5 Å². The van der Waals surface area contributed by atoms with E-state index in [2.05, 4.69) is 16.6 Å². The largest absolute Gasteiger partial charge is 0.493 e. The van der Waals surface area contributed by atoms with Crippen LogP contribution in [0.25, 0.3) is 6.08 Å². The standard InChI is InChI=1S/C21H19N3O9/c1-4-7-32-18-15(24(28)29)9-12(10-17(18)30-2)8-14-19(25)23(21(27)22-14)11-13-5-6-16(33-13)20(26)31-3/h4-6,8-10H,1,7,11H2,2-3H3,(H,22,27)/b14-8-. The first-order valence-electron chi connectivity index (χ1n) is 9.40. The number of hydrogen-bond donors (Lipinski definition) is 1. The number of imide groups is 1. The van der Waals surface area contributed by atoms with Crippen LogP contribution >= 0.6 is 0 Å². The number of nitrogens with one attached hydrogen (secondary N) is 1. The number of hydrogen-bond acceptors (Lipinski definition) is 9. The topological polar surface area (TPSA) is 150 Å². The fraction of sp³-hybridized carbons (Fsp3) is 0.190. The van der Waals surface area contributed by atoms with Crippen LogP contribution in [0.1, 0.15) is 21.9 Å². The third-order valence-electron chi connectivity index (χ3n) is 4.46. The molecule has 0 atom stereocenters. The van der Waals surface area contributed by atoms with Crippen molar-refractivity contribution < 1.29 is 37.9 Å². The van der Waals surface area contributed by atoms with Crippen molar-refractivity contribution in [3.8, 4) is 11.5 Å². The maximum Gasteiger partial charge on any atom is 0.373 e. The van der Waals surface area contributed by atoms with Gasteiger partial charge in [0.05, 0.1) is 25.7 Å². The van der Waals surface area contributed by atoms with Crippen molar-refractivity contribution in [1.29, 1.82) is 0 Å². The summed E-state index contributed by atoms with van der Waals surface area (Å²) in [6, 6.07) is 4.68. The molecule has 1 aliphatic heterocycles. The summed E-state index contributed by atoms with van der Waals surface area (Å²) in [7, 11) is 2.50. The number of methoxy groups -OCH3 is 2. The van der Waals surface area contributed by atoms with Gasteiger partial charge in [0.15, 0.2) is 5.75 Å². The van der Waals surface area contributed by atoms with Crippen LogP contribution in [0.5, 0.6) is 11.5 Å². The first kappa shape index (κ1) is 23.1. The minimum absolute atomic E-state index is 0.0195. The molecule has 1 aromatic carbocycles. The average Bonchev–Trinajstić information content (AvgIpc) is 3.37. The number of ether oxygens (including phenoxy) is 3. The Bertz CT molecular complexity index is 1170. The maximum absolute atomic E-state index is 12.7. The summed E-state index contributed by atoms with van der Waals surface area (Å²) in [5.74, 6) is -1.31. The van der Waals surface area contributed by atoms with Crippen LogP contribution in [0.2, 0.25) is 0 Å². The SMILES string of the molecule is C=CCOc1c(OC)cc(/C=C2\NC(=O)N(Cc3ccc(C(=O)OC)o3)C2=O)cc1[N+](=O)[O-]. The first-order chi connectivity index (χ1) is 15.8. The molecule has 2 aromatic rings. The van der Waals surface area contributed by atoms with Gasteiger partial charge in [-0.15, -0.1) is 0 Å². The zero-order valence-corrected chi connectivity index (χ0v) is 17.7. The van der Waals surface area contributed by atoms with Gasteiger partial charge in [-0.2, -0.15) is 0 Å². The second-order valence-corrected chi connectivity index (χ2v) is 6.57. The Morgan fingerprint density at radius 2 is 2.06 bits per heavy atom. The number of rotatable bonds is 9. The molecule has 0 spiro atoms. The van der Waals surface area contributed by atoms with Gasteiger partial charge in [0, 0.05) is 6.07 Å². The molecule has 3 amide bonds. The van der Waals surface area contributed by atoms with Gasteiger partial charge in [-0.3, -0.25) is 19.8 Å². The van der Waals surface area contributed by atoms with Crippen LogP contribution in [0.15, 0.2) is 47.0 Å². The highest BCUT2D eigenvalue weighted by Gasteiger charge is 2.34. The molecule has 0 radical (unpaired) electrons. The van der Waals surface area contributed by atoms with Crippen LogP contribution in [-0.4, -0.2) is 48.6 Å². The molecule has 1 N–H and O–H groups in total. The van der Waals surface area contributed by atoms with Crippen molar-refractivity contribution in [2.75, 3.05) is 20.8 Å². The first-order valence-corrected chi connectivity index (χ1v) is 9.40. The Labute approximate surface area is 187 Å².